The summed E-state index contributed by atoms with van der Waals surface area (Å²) in [6.07, 6.45) is 1.87. The third-order valence-corrected chi connectivity index (χ3v) is 6.25. The highest BCUT2D eigenvalue weighted by atomic mass is 32.2. The predicted octanol–water partition coefficient (Wildman–Crippen LogP) is 0.589. The van der Waals surface area contributed by atoms with Crippen LogP contribution in [0.3, 0.4) is 0 Å². The minimum absolute atomic E-state index is 0.138. The smallest absolute Gasteiger partial charge is 0.244 e. The molecule has 0 aromatic heterocycles. The van der Waals surface area contributed by atoms with Gasteiger partial charge in [0.15, 0.2) is 0 Å². The fourth-order valence-electron chi connectivity index (χ4n) is 3.58. The van der Waals surface area contributed by atoms with Crippen LogP contribution in [0.25, 0.3) is 0 Å². The van der Waals surface area contributed by atoms with Gasteiger partial charge in [-0.25, -0.2) is 13.1 Å². The van der Waals surface area contributed by atoms with Crippen LogP contribution in [0.1, 0.15) is 12.8 Å². The SMILES string of the molecule is O=S1(=O)N[C@@H]2CN(C3CCOCC3)C[C@@H]2Oc2ccccc21. The second-order valence-electron chi connectivity index (χ2n) is 6.13. The summed E-state index contributed by atoms with van der Waals surface area (Å²) < 4.78 is 39.2. The van der Waals surface area contributed by atoms with Crippen molar-refractivity contribution in [1.82, 2.24) is 9.62 Å². The van der Waals surface area contributed by atoms with E-state index >= 15 is 0 Å². The molecular weight excluding hydrogens is 304 g/mol. The Kier molecular flexibility index (Phi) is 3.60. The molecule has 7 heteroatoms. The maximum absolute atomic E-state index is 12.5. The van der Waals surface area contributed by atoms with Crippen molar-refractivity contribution in [2.24, 2.45) is 0 Å². The van der Waals surface area contributed by atoms with Gasteiger partial charge in [0.25, 0.3) is 0 Å². The maximum Gasteiger partial charge on any atom is 0.244 e. The van der Waals surface area contributed by atoms with Crippen LogP contribution in [-0.2, 0) is 14.8 Å². The Morgan fingerprint density at radius 1 is 1.14 bits per heavy atom. The van der Waals surface area contributed by atoms with Crippen molar-refractivity contribution < 1.29 is 17.9 Å². The molecule has 0 bridgehead atoms. The average molecular weight is 324 g/mol. The Hall–Kier alpha value is -1.15. The molecular formula is C15H20N2O4S. The van der Waals surface area contributed by atoms with Gasteiger partial charge in [0.2, 0.25) is 10.0 Å². The van der Waals surface area contributed by atoms with E-state index in [0.717, 1.165) is 32.6 Å². The zero-order chi connectivity index (χ0) is 15.2. The largest absolute Gasteiger partial charge is 0.486 e. The monoisotopic (exact) mass is 324 g/mol. The van der Waals surface area contributed by atoms with Gasteiger partial charge in [-0.3, -0.25) is 4.90 Å². The molecule has 2 saturated heterocycles. The number of benzene rings is 1. The first-order valence-corrected chi connectivity index (χ1v) is 9.21. The molecule has 3 heterocycles. The Balaban J connectivity index is 1.59. The standard InChI is InChI=1S/C15H20N2O4S/c18-22(19)15-4-2-1-3-13(15)21-14-10-17(9-12(14)16-22)11-5-7-20-8-6-11/h1-4,11-12,14,16H,5-10H2/t12-,14+/m1/s1. The highest BCUT2D eigenvalue weighted by Gasteiger charge is 2.43. The molecule has 120 valence electrons. The van der Waals surface area contributed by atoms with Crippen molar-refractivity contribution in [3.8, 4) is 5.75 Å². The molecule has 0 unspecified atom stereocenters. The number of ether oxygens (including phenoxy) is 2. The molecule has 1 aromatic carbocycles. The van der Waals surface area contributed by atoms with Gasteiger partial charge in [-0.15, -0.1) is 0 Å². The number of para-hydroxylation sites is 1. The number of sulfonamides is 1. The first-order chi connectivity index (χ1) is 10.6. The van der Waals surface area contributed by atoms with Gasteiger partial charge >= 0.3 is 0 Å². The number of nitrogens with one attached hydrogen (secondary N) is 1. The lowest BCUT2D eigenvalue weighted by molar-refractivity contribution is 0.0386. The van der Waals surface area contributed by atoms with Crippen molar-refractivity contribution in [1.29, 1.82) is 0 Å². The Bertz CT molecular complexity index is 657. The van der Waals surface area contributed by atoms with Crippen molar-refractivity contribution in [2.45, 2.75) is 35.9 Å². The number of nitrogens with zero attached hydrogens (tertiary/aromatic N) is 1. The molecule has 0 aliphatic carbocycles. The summed E-state index contributed by atoms with van der Waals surface area (Å²) >= 11 is 0. The lowest BCUT2D eigenvalue weighted by Crippen LogP contribution is -2.43. The van der Waals surface area contributed by atoms with E-state index < -0.39 is 10.0 Å². The zero-order valence-corrected chi connectivity index (χ0v) is 13.1. The van der Waals surface area contributed by atoms with Crippen LogP contribution < -0.4 is 9.46 Å². The van der Waals surface area contributed by atoms with Crippen LogP contribution in [0.4, 0.5) is 0 Å². The Labute approximate surface area is 130 Å². The van der Waals surface area contributed by atoms with Crippen LogP contribution in [-0.4, -0.2) is 57.8 Å². The molecule has 6 nitrogen and oxygen atoms in total. The van der Waals surface area contributed by atoms with Gasteiger partial charge < -0.3 is 9.47 Å². The molecule has 22 heavy (non-hydrogen) atoms. The van der Waals surface area contributed by atoms with E-state index in [1.165, 1.54) is 0 Å². The summed E-state index contributed by atoms with van der Waals surface area (Å²) in [6, 6.07) is 7.11. The molecule has 0 saturated carbocycles. The molecule has 4 rings (SSSR count). The van der Waals surface area contributed by atoms with E-state index in [-0.39, 0.29) is 17.0 Å². The molecule has 0 amide bonds. The first-order valence-electron chi connectivity index (χ1n) is 7.73. The van der Waals surface area contributed by atoms with Crippen LogP contribution in [0, 0.1) is 0 Å². The number of fused-ring (bicyclic) bond motifs is 2. The molecule has 3 aliphatic rings. The highest BCUT2D eigenvalue weighted by Crippen LogP contribution is 2.32. The summed E-state index contributed by atoms with van der Waals surface area (Å²) in [5.41, 5.74) is 0. The van der Waals surface area contributed by atoms with Crippen LogP contribution in [0.15, 0.2) is 29.2 Å². The van der Waals surface area contributed by atoms with Gasteiger partial charge in [-0.1, -0.05) is 12.1 Å². The van der Waals surface area contributed by atoms with Gasteiger partial charge in [0.1, 0.15) is 16.7 Å². The zero-order valence-electron chi connectivity index (χ0n) is 12.3. The lowest BCUT2D eigenvalue weighted by atomic mass is 10.1. The van der Waals surface area contributed by atoms with E-state index in [9.17, 15) is 8.42 Å². The predicted molar refractivity (Wildman–Crippen MR) is 80.4 cm³/mol. The van der Waals surface area contributed by atoms with E-state index in [2.05, 4.69) is 9.62 Å². The third-order valence-electron chi connectivity index (χ3n) is 4.73. The molecule has 3 aliphatic heterocycles. The fraction of sp³-hybridized carbons (Fsp3) is 0.600. The van der Waals surface area contributed by atoms with E-state index in [0.29, 0.717) is 18.3 Å². The Morgan fingerprint density at radius 2 is 1.91 bits per heavy atom. The summed E-state index contributed by atoms with van der Waals surface area (Å²) in [6.45, 7) is 3.02. The van der Waals surface area contributed by atoms with Crippen LogP contribution >= 0.6 is 0 Å². The molecule has 1 aromatic rings. The lowest BCUT2D eigenvalue weighted by Gasteiger charge is -2.31. The summed E-state index contributed by atoms with van der Waals surface area (Å²) in [4.78, 5) is 2.58. The summed E-state index contributed by atoms with van der Waals surface area (Å²) in [7, 11) is -3.51. The fourth-order valence-corrected chi connectivity index (χ4v) is 4.97. The minimum atomic E-state index is -3.51. The molecule has 2 fully saturated rings. The topological polar surface area (TPSA) is 67.9 Å². The normalized spacial score (nSPS) is 31.8. The average Bonchev–Trinajstić information content (AvgIpc) is 2.86. The Morgan fingerprint density at radius 3 is 2.73 bits per heavy atom. The quantitative estimate of drug-likeness (QED) is 0.819. The highest BCUT2D eigenvalue weighted by molar-refractivity contribution is 7.89. The van der Waals surface area contributed by atoms with Crippen LogP contribution in [0.2, 0.25) is 0 Å². The minimum Gasteiger partial charge on any atom is -0.486 e. The van der Waals surface area contributed by atoms with Crippen molar-refractivity contribution in [3.63, 3.8) is 0 Å². The first kappa shape index (κ1) is 14.4. The number of hydrogen-bond acceptors (Lipinski definition) is 5. The molecule has 0 radical (unpaired) electrons. The van der Waals surface area contributed by atoms with Crippen molar-refractivity contribution in [2.75, 3.05) is 26.3 Å². The van der Waals surface area contributed by atoms with Gasteiger partial charge in [-0.05, 0) is 25.0 Å². The van der Waals surface area contributed by atoms with Crippen LogP contribution in [0.5, 0.6) is 5.75 Å². The van der Waals surface area contributed by atoms with E-state index in [1.807, 2.05) is 0 Å². The number of rotatable bonds is 1. The van der Waals surface area contributed by atoms with Crippen molar-refractivity contribution >= 4 is 10.0 Å². The second kappa shape index (κ2) is 5.49. The van der Waals surface area contributed by atoms with E-state index in [4.69, 9.17) is 9.47 Å². The summed E-state index contributed by atoms with van der Waals surface area (Å²) in [5.74, 6) is 0.455. The van der Waals surface area contributed by atoms with Crippen molar-refractivity contribution in [3.05, 3.63) is 24.3 Å². The van der Waals surface area contributed by atoms with Gasteiger partial charge in [0.05, 0.1) is 6.04 Å². The molecule has 2 atom stereocenters. The number of likely N-dealkylation sites (tertiary alicyclic amines) is 1. The van der Waals surface area contributed by atoms with Gasteiger partial charge in [-0.2, -0.15) is 0 Å². The number of hydrogen-bond donors (Lipinski definition) is 1. The summed E-state index contributed by atoms with van der Waals surface area (Å²) in [5, 5.41) is 0. The molecule has 0 spiro atoms. The maximum atomic E-state index is 12.5. The van der Waals surface area contributed by atoms with Gasteiger partial charge in [0, 0.05) is 32.3 Å². The second-order valence-corrected chi connectivity index (χ2v) is 7.81. The van der Waals surface area contributed by atoms with E-state index in [1.54, 1.807) is 24.3 Å². The third kappa shape index (κ3) is 2.52. The molecule has 1 N–H and O–H groups in total.